The number of phenolic OH excluding ortho intramolecular Hbond substituents is 1. The largest absolute Gasteiger partial charge is 0.503 e. The fourth-order valence-electron chi connectivity index (χ4n) is 1.08. The summed E-state index contributed by atoms with van der Waals surface area (Å²) in [6.45, 7) is 0.379. The van der Waals surface area contributed by atoms with Gasteiger partial charge in [-0.2, -0.15) is 0 Å². The molecule has 0 radical (unpaired) electrons. The van der Waals surface area contributed by atoms with Gasteiger partial charge in [-0.15, -0.1) is 0 Å². The third-order valence-corrected chi connectivity index (χ3v) is 1.67. The molecule has 3 N–H and O–H groups in total. The molecule has 12 heavy (non-hydrogen) atoms. The lowest BCUT2D eigenvalue weighted by Gasteiger charge is -2.13. The monoisotopic (exact) mass is 164 g/mol. The van der Waals surface area contributed by atoms with Crippen molar-refractivity contribution in [2.75, 3.05) is 12.3 Å². The zero-order valence-corrected chi connectivity index (χ0v) is 6.32. The Hall–Kier alpha value is -1.71. The van der Waals surface area contributed by atoms with E-state index in [0.717, 1.165) is 0 Å². The third-order valence-electron chi connectivity index (χ3n) is 1.67. The molecule has 0 atom stereocenters. The minimum absolute atomic E-state index is 0.0237. The predicted molar refractivity (Wildman–Crippen MR) is 46.2 cm³/mol. The summed E-state index contributed by atoms with van der Waals surface area (Å²) in [5.74, 6) is 0.349. The molecular formula is C8H8N2O2. The number of fused-ring (bicyclic) bond motifs is 1. The molecule has 0 aromatic heterocycles. The van der Waals surface area contributed by atoms with E-state index in [1.807, 2.05) is 0 Å². The second-order valence-electron chi connectivity index (χ2n) is 2.47. The van der Waals surface area contributed by atoms with Crippen LogP contribution in [-0.4, -0.2) is 17.9 Å². The summed E-state index contributed by atoms with van der Waals surface area (Å²) in [6, 6.07) is 3.31. The van der Waals surface area contributed by atoms with Crippen molar-refractivity contribution in [1.29, 1.82) is 0 Å². The molecule has 1 heterocycles. The quantitative estimate of drug-likeness (QED) is 0.445. The van der Waals surface area contributed by atoms with Crippen LogP contribution in [0.15, 0.2) is 17.1 Å². The average Bonchev–Trinajstić information content (AvgIpc) is 2.12. The normalized spacial score (nSPS) is 13.7. The zero-order valence-electron chi connectivity index (χ0n) is 6.32. The van der Waals surface area contributed by atoms with Crippen molar-refractivity contribution in [2.24, 2.45) is 4.99 Å². The van der Waals surface area contributed by atoms with Gasteiger partial charge < -0.3 is 15.6 Å². The van der Waals surface area contributed by atoms with Crippen LogP contribution in [0.2, 0.25) is 0 Å². The summed E-state index contributed by atoms with van der Waals surface area (Å²) in [4.78, 5) is 4.03. The summed E-state index contributed by atoms with van der Waals surface area (Å²) in [6.07, 6.45) is 1.64. The van der Waals surface area contributed by atoms with Gasteiger partial charge in [-0.05, 0) is 12.1 Å². The van der Waals surface area contributed by atoms with Crippen LogP contribution >= 0.6 is 0 Å². The lowest BCUT2D eigenvalue weighted by Crippen LogP contribution is -2.03. The number of ether oxygens (including phenoxy) is 1. The number of hydrogen-bond acceptors (Lipinski definition) is 4. The van der Waals surface area contributed by atoms with Crippen molar-refractivity contribution < 1.29 is 9.84 Å². The number of benzene rings is 1. The van der Waals surface area contributed by atoms with Gasteiger partial charge in [-0.25, -0.2) is 0 Å². The van der Waals surface area contributed by atoms with Crippen LogP contribution in [0.5, 0.6) is 11.5 Å². The van der Waals surface area contributed by atoms with E-state index in [1.165, 1.54) is 0 Å². The molecule has 0 fully saturated rings. The van der Waals surface area contributed by atoms with Crippen LogP contribution in [-0.2, 0) is 0 Å². The Morgan fingerprint density at radius 2 is 2.33 bits per heavy atom. The Morgan fingerprint density at radius 3 is 3.17 bits per heavy atom. The highest BCUT2D eigenvalue weighted by molar-refractivity contribution is 5.77. The van der Waals surface area contributed by atoms with E-state index >= 15 is 0 Å². The van der Waals surface area contributed by atoms with Gasteiger partial charge >= 0.3 is 0 Å². The van der Waals surface area contributed by atoms with Gasteiger partial charge in [-0.3, -0.25) is 4.99 Å². The van der Waals surface area contributed by atoms with E-state index in [-0.39, 0.29) is 5.75 Å². The number of anilines is 1. The lowest BCUT2D eigenvalue weighted by molar-refractivity contribution is 0.348. The maximum Gasteiger partial charge on any atom is 0.189 e. The Balaban J connectivity index is 2.63. The lowest BCUT2D eigenvalue weighted by atomic mass is 10.2. The Bertz CT molecular complexity index is 347. The summed E-state index contributed by atoms with van der Waals surface area (Å²) in [5.41, 5.74) is 6.39. The number of nitrogens with zero attached hydrogens (tertiary/aromatic N) is 1. The smallest absolute Gasteiger partial charge is 0.189 e. The van der Waals surface area contributed by atoms with E-state index in [0.29, 0.717) is 23.7 Å². The van der Waals surface area contributed by atoms with E-state index in [1.54, 1.807) is 18.3 Å². The van der Waals surface area contributed by atoms with E-state index in [4.69, 9.17) is 10.5 Å². The average molecular weight is 164 g/mol. The molecule has 1 aliphatic heterocycles. The van der Waals surface area contributed by atoms with Crippen LogP contribution in [0, 0.1) is 0 Å². The fourth-order valence-corrected chi connectivity index (χ4v) is 1.08. The predicted octanol–water partition coefficient (Wildman–Crippen LogP) is 1.07. The highest BCUT2D eigenvalue weighted by Gasteiger charge is 2.13. The molecule has 0 unspecified atom stereocenters. The van der Waals surface area contributed by atoms with Crippen LogP contribution in [0.4, 0.5) is 11.4 Å². The Labute approximate surface area is 69.3 Å². The van der Waals surface area contributed by atoms with Gasteiger partial charge in [0.15, 0.2) is 11.5 Å². The highest BCUT2D eigenvalue weighted by Crippen LogP contribution is 2.41. The second kappa shape index (κ2) is 2.41. The van der Waals surface area contributed by atoms with Gasteiger partial charge in [0.2, 0.25) is 0 Å². The van der Waals surface area contributed by atoms with Crippen LogP contribution < -0.4 is 10.5 Å². The number of nitrogen functional groups attached to an aromatic ring is 1. The van der Waals surface area contributed by atoms with E-state index in [2.05, 4.69) is 4.99 Å². The molecule has 4 heteroatoms. The van der Waals surface area contributed by atoms with E-state index in [9.17, 15) is 5.11 Å². The topological polar surface area (TPSA) is 67.8 Å². The summed E-state index contributed by atoms with van der Waals surface area (Å²) >= 11 is 0. The number of rotatable bonds is 0. The van der Waals surface area contributed by atoms with Gasteiger partial charge in [0.05, 0.1) is 5.69 Å². The Morgan fingerprint density at radius 1 is 1.50 bits per heavy atom. The third kappa shape index (κ3) is 0.887. The number of phenols is 1. The van der Waals surface area contributed by atoms with Gasteiger partial charge in [0.25, 0.3) is 0 Å². The first-order valence-corrected chi connectivity index (χ1v) is 3.56. The molecule has 0 bridgehead atoms. The van der Waals surface area contributed by atoms with E-state index < -0.39 is 0 Å². The first kappa shape index (κ1) is 6.97. The molecule has 0 saturated carbocycles. The summed E-state index contributed by atoms with van der Waals surface area (Å²) in [5, 5.41) is 9.42. The van der Waals surface area contributed by atoms with Crippen LogP contribution in [0.1, 0.15) is 0 Å². The number of aromatic hydroxyl groups is 1. The minimum atomic E-state index is -0.0237. The SMILES string of the molecule is Nc1ccc2c(c1O)OCC=N2. The van der Waals surface area contributed by atoms with Crippen molar-refractivity contribution in [3.8, 4) is 11.5 Å². The van der Waals surface area contributed by atoms with Crippen molar-refractivity contribution >= 4 is 17.6 Å². The van der Waals surface area contributed by atoms with Crippen molar-refractivity contribution in [1.82, 2.24) is 0 Å². The van der Waals surface area contributed by atoms with Crippen molar-refractivity contribution in [2.45, 2.75) is 0 Å². The zero-order chi connectivity index (χ0) is 8.55. The molecule has 1 aromatic rings. The van der Waals surface area contributed by atoms with Gasteiger partial charge in [0, 0.05) is 6.21 Å². The maximum absolute atomic E-state index is 9.42. The molecule has 1 aliphatic rings. The van der Waals surface area contributed by atoms with Gasteiger partial charge in [-0.1, -0.05) is 0 Å². The molecule has 4 nitrogen and oxygen atoms in total. The standard InChI is InChI=1S/C8H8N2O2/c9-5-1-2-6-8(7(5)11)12-4-3-10-6/h1-3,11H,4,9H2. The van der Waals surface area contributed by atoms with Gasteiger partial charge in [0.1, 0.15) is 12.3 Å². The molecule has 1 aromatic carbocycles. The first-order valence-electron chi connectivity index (χ1n) is 3.56. The molecule has 0 aliphatic carbocycles. The fraction of sp³-hybridized carbons (Fsp3) is 0.125. The minimum Gasteiger partial charge on any atom is -0.503 e. The highest BCUT2D eigenvalue weighted by atomic mass is 16.5. The molecule has 0 saturated heterocycles. The molecule has 62 valence electrons. The number of aliphatic imine (C=N–C) groups is 1. The molecule has 0 amide bonds. The molecule has 2 rings (SSSR count). The number of hydrogen-bond donors (Lipinski definition) is 2. The van der Waals surface area contributed by atoms with Crippen molar-refractivity contribution in [3.05, 3.63) is 12.1 Å². The Kier molecular flexibility index (Phi) is 1.40. The molecule has 0 spiro atoms. The summed E-state index contributed by atoms with van der Waals surface area (Å²) < 4.78 is 5.16. The first-order chi connectivity index (χ1) is 5.79. The van der Waals surface area contributed by atoms with Crippen LogP contribution in [0.3, 0.4) is 0 Å². The number of nitrogens with two attached hydrogens (primary N) is 1. The molecular weight excluding hydrogens is 156 g/mol. The van der Waals surface area contributed by atoms with Crippen molar-refractivity contribution in [3.63, 3.8) is 0 Å². The van der Waals surface area contributed by atoms with Crippen LogP contribution in [0.25, 0.3) is 0 Å². The summed E-state index contributed by atoms with van der Waals surface area (Å²) in [7, 11) is 0. The maximum atomic E-state index is 9.42. The second-order valence-corrected chi connectivity index (χ2v) is 2.47.